The van der Waals surface area contributed by atoms with Gasteiger partial charge in [-0.1, -0.05) is 6.07 Å². The van der Waals surface area contributed by atoms with Gasteiger partial charge >= 0.3 is 0 Å². The second-order valence-corrected chi connectivity index (χ2v) is 6.52. The van der Waals surface area contributed by atoms with Crippen LogP contribution in [0.25, 0.3) is 10.1 Å². The second kappa shape index (κ2) is 4.03. The minimum absolute atomic E-state index is 0.155. The van der Waals surface area contributed by atoms with Crippen molar-refractivity contribution in [1.82, 2.24) is 0 Å². The second-order valence-electron chi connectivity index (χ2n) is 4.31. The number of hydrogen-bond donors (Lipinski definition) is 1. The third-order valence-electron chi connectivity index (χ3n) is 3.17. The fourth-order valence-corrected chi connectivity index (χ4v) is 4.72. The van der Waals surface area contributed by atoms with Gasteiger partial charge in [-0.05, 0) is 30.7 Å². The lowest BCUT2D eigenvalue weighted by molar-refractivity contribution is 1.12. The first-order chi connectivity index (χ1) is 8.18. The zero-order chi connectivity index (χ0) is 12.0. The molecule has 0 bridgehead atoms. The van der Waals surface area contributed by atoms with Crippen molar-refractivity contribution in [2.45, 2.75) is 19.1 Å². The molecule has 17 heavy (non-hydrogen) atoms. The summed E-state index contributed by atoms with van der Waals surface area (Å²) in [6.45, 7) is 2.04. The van der Waals surface area contributed by atoms with Crippen LogP contribution in [0.2, 0.25) is 0 Å². The molecule has 2 heterocycles. The van der Waals surface area contributed by atoms with Crippen LogP contribution in [0.3, 0.4) is 0 Å². The number of rotatable bonds is 0. The van der Waals surface area contributed by atoms with Crippen LogP contribution in [0.4, 0.5) is 5.69 Å². The molecule has 1 aromatic heterocycles. The molecule has 2 nitrogen and oxygen atoms in total. The van der Waals surface area contributed by atoms with Gasteiger partial charge in [0, 0.05) is 26.6 Å². The molecule has 1 aromatic carbocycles. The molecule has 0 radical (unpaired) electrons. The Hall–Kier alpha value is -1.00. The van der Waals surface area contributed by atoms with Crippen LogP contribution in [0.1, 0.15) is 16.0 Å². The molecule has 4 heteroatoms. The first kappa shape index (κ1) is 11.1. The fourth-order valence-electron chi connectivity index (χ4n) is 2.22. The first-order valence-corrected chi connectivity index (χ1v) is 7.57. The van der Waals surface area contributed by atoms with Gasteiger partial charge in [0.05, 0.1) is 5.39 Å². The molecule has 2 aromatic rings. The van der Waals surface area contributed by atoms with Gasteiger partial charge in [-0.15, -0.1) is 11.3 Å². The van der Waals surface area contributed by atoms with Crippen molar-refractivity contribution < 1.29 is 0 Å². The normalized spacial score (nSPS) is 14.9. The summed E-state index contributed by atoms with van der Waals surface area (Å²) in [6, 6.07) is 3.84. The Labute approximate surface area is 108 Å². The van der Waals surface area contributed by atoms with E-state index < -0.39 is 0 Å². The van der Waals surface area contributed by atoms with Crippen molar-refractivity contribution in [1.29, 1.82) is 0 Å². The van der Waals surface area contributed by atoms with E-state index in [1.165, 1.54) is 4.88 Å². The van der Waals surface area contributed by atoms with Crippen molar-refractivity contribution >= 4 is 38.9 Å². The number of fused-ring (bicyclic) bond motifs is 2. The Morgan fingerprint density at radius 3 is 3.00 bits per heavy atom. The minimum atomic E-state index is 0.155. The Kier molecular flexibility index (Phi) is 2.64. The van der Waals surface area contributed by atoms with E-state index in [4.69, 9.17) is 5.73 Å². The number of nitrogen functional groups attached to an aromatic ring is 1. The largest absolute Gasteiger partial charge is 0.398 e. The van der Waals surface area contributed by atoms with E-state index in [0.29, 0.717) is 5.69 Å². The van der Waals surface area contributed by atoms with Crippen molar-refractivity contribution in [2.75, 3.05) is 11.5 Å². The Bertz CT molecular complexity index is 660. The summed E-state index contributed by atoms with van der Waals surface area (Å²) in [5.41, 5.74) is 8.86. The van der Waals surface area contributed by atoms with Gasteiger partial charge in [-0.25, -0.2) is 0 Å². The van der Waals surface area contributed by atoms with Crippen LogP contribution in [-0.4, -0.2) is 5.75 Å². The maximum absolute atomic E-state index is 12.5. The molecular formula is C13H13NOS2. The van der Waals surface area contributed by atoms with Crippen LogP contribution in [0, 0.1) is 6.92 Å². The van der Waals surface area contributed by atoms with Crippen molar-refractivity contribution in [3.63, 3.8) is 0 Å². The molecule has 3 rings (SSSR count). The van der Waals surface area contributed by atoms with Gasteiger partial charge in [0.15, 0.2) is 5.43 Å². The summed E-state index contributed by atoms with van der Waals surface area (Å²) in [4.78, 5) is 13.7. The fraction of sp³-hybridized carbons (Fsp3) is 0.308. The molecule has 0 atom stereocenters. The van der Waals surface area contributed by atoms with Crippen LogP contribution >= 0.6 is 23.1 Å². The number of anilines is 1. The summed E-state index contributed by atoms with van der Waals surface area (Å²) in [7, 11) is 0. The highest BCUT2D eigenvalue weighted by Crippen LogP contribution is 2.33. The Morgan fingerprint density at radius 1 is 1.35 bits per heavy atom. The van der Waals surface area contributed by atoms with Crippen LogP contribution in [0.5, 0.6) is 0 Å². The molecule has 0 spiro atoms. The first-order valence-electron chi connectivity index (χ1n) is 5.60. The Balaban J connectivity index is 2.48. The van der Waals surface area contributed by atoms with E-state index in [2.05, 4.69) is 0 Å². The monoisotopic (exact) mass is 263 g/mol. The van der Waals surface area contributed by atoms with Gasteiger partial charge < -0.3 is 5.73 Å². The maximum atomic E-state index is 12.5. The highest BCUT2D eigenvalue weighted by atomic mass is 32.2. The molecule has 0 aliphatic carbocycles. The average Bonchev–Trinajstić information content (AvgIpc) is 2.34. The van der Waals surface area contributed by atoms with Gasteiger partial charge in [0.2, 0.25) is 0 Å². The lowest BCUT2D eigenvalue weighted by Gasteiger charge is -2.15. The van der Waals surface area contributed by atoms with Gasteiger partial charge in [0.25, 0.3) is 0 Å². The molecule has 1 aliphatic rings. The number of benzene rings is 1. The average molecular weight is 263 g/mol. The van der Waals surface area contributed by atoms with Gasteiger partial charge in [-0.2, -0.15) is 11.8 Å². The summed E-state index contributed by atoms with van der Waals surface area (Å²) in [5.74, 6) is 1.96. The summed E-state index contributed by atoms with van der Waals surface area (Å²) in [5, 5.41) is 0.733. The number of aryl methyl sites for hydroxylation is 2. The lowest BCUT2D eigenvalue weighted by atomic mass is 10.1. The molecular weight excluding hydrogens is 250 g/mol. The Morgan fingerprint density at radius 2 is 2.18 bits per heavy atom. The number of hydrogen-bond acceptors (Lipinski definition) is 4. The topological polar surface area (TPSA) is 43.1 Å². The van der Waals surface area contributed by atoms with Crippen LogP contribution in [0.15, 0.2) is 16.9 Å². The molecule has 88 valence electrons. The van der Waals surface area contributed by atoms with E-state index in [1.807, 2.05) is 30.8 Å². The highest BCUT2D eigenvalue weighted by molar-refractivity contribution is 7.98. The van der Waals surface area contributed by atoms with Crippen LogP contribution < -0.4 is 11.2 Å². The quantitative estimate of drug-likeness (QED) is 0.743. The molecule has 0 saturated heterocycles. The smallest absolute Gasteiger partial charge is 0.194 e. The maximum Gasteiger partial charge on any atom is 0.194 e. The number of nitrogens with two attached hydrogens (primary N) is 1. The van der Waals surface area contributed by atoms with E-state index in [-0.39, 0.29) is 5.43 Å². The summed E-state index contributed by atoms with van der Waals surface area (Å²) < 4.78 is 1.07. The van der Waals surface area contributed by atoms with Gasteiger partial charge in [-0.3, -0.25) is 4.79 Å². The number of thioether (sulfide) groups is 1. The van der Waals surface area contributed by atoms with E-state index in [0.717, 1.165) is 39.1 Å². The zero-order valence-electron chi connectivity index (χ0n) is 9.58. The predicted octanol–water partition coefficient (Wildman–Crippen LogP) is 2.94. The SMILES string of the molecule is Cc1ccc(N)c2c(=O)c3c(sc12)CCSC3. The molecule has 0 fully saturated rings. The minimum Gasteiger partial charge on any atom is -0.398 e. The molecule has 0 saturated carbocycles. The van der Waals surface area contributed by atoms with Crippen molar-refractivity contribution in [3.05, 3.63) is 38.4 Å². The summed E-state index contributed by atoms with van der Waals surface area (Å²) >= 11 is 3.59. The predicted molar refractivity (Wildman–Crippen MR) is 77.1 cm³/mol. The molecule has 2 N–H and O–H groups in total. The summed E-state index contributed by atoms with van der Waals surface area (Å²) in [6.07, 6.45) is 1.02. The molecule has 0 amide bonds. The molecule has 1 aliphatic heterocycles. The standard InChI is InChI=1S/C13H13NOS2/c1-7-2-3-9(14)11-12(15)8-6-16-5-4-10(8)17-13(7)11/h2-3H,4-6,14H2,1H3. The highest BCUT2D eigenvalue weighted by Gasteiger charge is 2.18. The third kappa shape index (κ3) is 1.67. The van der Waals surface area contributed by atoms with Gasteiger partial charge in [0.1, 0.15) is 0 Å². The van der Waals surface area contributed by atoms with Crippen molar-refractivity contribution in [2.24, 2.45) is 0 Å². The van der Waals surface area contributed by atoms with E-state index in [9.17, 15) is 4.79 Å². The van der Waals surface area contributed by atoms with Crippen LogP contribution in [-0.2, 0) is 12.2 Å². The lowest BCUT2D eigenvalue weighted by Crippen LogP contribution is -2.16. The van der Waals surface area contributed by atoms with E-state index >= 15 is 0 Å². The van der Waals surface area contributed by atoms with Crippen molar-refractivity contribution in [3.8, 4) is 0 Å². The van der Waals surface area contributed by atoms with E-state index in [1.54, 1.807) is 11.3 Å². The zero-order valence-corrected chi connectivity index (χ0v) is 11.2. The molecule has 0 unspecified atom stereocenters. The third-order valence-corrected chi connectivity index (χ3v) is 5.58.